The minimum Gasteiger partial charge on any atom is -0.366 e. The minimum atomic E-state index is -0.00859. The van der Waals surface area contributed by atoms with E-state index in [0.29, 0.717) is 24.1 Å². The van der Waals surface area contributed by atoms with E-state index in [2.05, 4.69) is 27.8 Å². The number of carbonyl (C=O) groups excluding carboxylic acids is 1. The van der Waals surface area contributed by atoms with Gasteiger partial charge in [0.2, 0.25) is 5.91 Å². The van der Waals surface area contributed by atoms with Gasteiger partial charge in [-0.3, -0.25) is 4.79 Å². The van der Waals surface area contributed by atoms with Gasteiger partial charge >= 0.3 is 0 Å². The molecule has 0 spiro atoms. The van der Waals surface area contributed by atoms with E-state index in [0.717, 1.165) is 12.8 Å². The molecule has 0 saturated heterocycles. The number of aromatic nitrogens is 2. The van der Waals surface area contributed by atoms with Crippen LogP contribution in [0.15, 0.2) is 12.1 Å². The second-order valence-corrected chi connectivity index (χ2v) is 4.25. The van der Waals surface area contributed by atoms with Crippen molar-refractivity contribution >= 4 is 17.5 Å². The van der Waals surface area contributed by atoms with Gasteiger partial charge in [0.1, 0.15) is 5.82 Å². The lowest BCUT2D eigenvalue weighted by Crippen LogP contribution is -2.14. The van der Waals surface area contributed by atoms with Crippen LogP contribution in [0.1, 0.15) is 40.0 Å². The first-order valence-electron chi connectivity index (χ1n) is 6.02. The highest BCUT2D eigenvalue weighted by Crippen LogP contribution is 2.08. The third-order valence-electron chi connectivity index (χ3n) is 2.13. The van der Waals surface area contributed by atoms with Crippen molar-refractivity contribution in [1.29, 1.82) is 0 Å². The Morgan fingerprint density at radius 3 is 2.47 bits per heavy atom. The first kappa shape index (κ1) is 13.4. The van der Waals surface area contributed by atoms with Crippen molar-refractivity contribution in [3.8, 4) is 0 Å². The number of hydrogen-bond donors (Lipinski definition) is 2. The van der Waals surface area contributed by atoms with Crippen LogP contribution in [0.2, 0.25) is 0 Å². The maximum Gasteiger partial charge on any atom is 0.225 e. The Morgan fingerprint density at radius 2 is 1.94 bits per heavy atom. The molecule has 0 aliphatic carbocycles. The quantitative estimate of drug-likeness (QED) is 0.796. The van der Waals surface area contributed by atoms with Crippen molar-refractivity contribution in [3.63, 3.8) is 0 Å². The highest BCUT2D eigenvalue weighted by atomic mass is 16.1. The van der Waals surface area contributed by atoms with Gasteiger partial charge in [-0.05, 0) is 32.4 Å². The average molecular weight is 236 g/mol. The summed E-state index contributed by atoms with van der Waals surface area (Å²) < 4.78 is 0. The fourth-order valence-corrected chi connectivity index (χ4v) is 1.31. The van der Waals surface area contributed by atoms with Gasteiger partial charge in [0.05, 0.1) is 0 Å². The zero-order valence-corrected chi connectivity index (χ0v) is 10.7. The van der Waals surface area contributed by atoms with Crippen LogP contribution in [0.4, 0.5) is 11.6 Å². The van der Waals surface area contributed by atoms with E-state index in [1.54, 1.807) is 6.07 Å². The van der Waals surface area contributed by atoms with E-state index in [4.69, 9.17) is 0 Å². The molecular formula is C12H20N4O. The van der Waals surface area contributed by atoms with Gasteiger partial charge in [-0.2, -0.15) is 0 Å². The molecule has 0 unspecified atom stereocenters. The highest BCUT2D eigenvalue weighted by Gasteiger charge is 2.03. The van der Waals surface area contributed by atoms with Gasteiger partial charge in [0.15, 0.2) is 5.82 Å². The minimum absolute atomic E-state index is 0.00859. The summed E-state index contributed by atoms with van der Waals surface area (Å²) >= 11 is 0. The lowest BCUT2D eigenvalue weighted by molar-refractivity contribution is -0.116. The standard InChI is InChI=1S/C12H20N4O/c1-4-5-6-12(17)14-11-8-7-10(15-16-11)13-9(2)3/h7-9H,4-6H2,1-3H3,(H,13,15)(H,14,16,17). The van der Waals surface area contributed by atoms with Crippen LogP contribution in [0.5, 0.6) is 0 Å². The molecule has 0 aromatic carbocycles. The van der Waals surface area contributed by atoms with Gasteiger partial charge in [0, 0.05) is 12.5 Å². The Balaban J connectivity index is 2.47. The molecule has 1 heterocycles. The van der Waals surface area contributed by atoms with Gasteiger partial charge < -0.3 is 10.6 Å². The number of hydrogen-bond acceptors (Lipinski definition) is 4. The van der Waals surface area contributed by atoms with Crippen molar-refractivity contribution in [3.05, 3.63) is 12.1 Å². The lowest BCUT2D eigenvalue weighted by atomic mass is 10.2. The summed E-state index contributed by atoms with van der Waals surface area (Å²) in [5, 5.41) is 13.8. The summed E-state index contributed by atoms with van der Waals surface area (Å²) in [5.74, 6) is 1.21. The summed E-state index contributed by atoms with van der Waals surface area (Å²) in [7, 11) is 0. The second kappa shape index (κ2) is 6.83. The zero-order chi connectivity index (χ0) is 12.7. The number of nitrogens with zero attached hydrogens (tertiary/aromatic N) is 2. The Bertz CT molecular complexity index is 348. The number of amides is 1. The molecule has 0 fully saturated rings. The third-order valence-corrected chi connectivity index (χ3v) is 2.13. The fourth-order valence-electron chi connectivity index (χ4n) is 1.31. The maximum absolute atomic E-state index is 11.4. The highest BCUT2D eigenvalue weighted by molar-refractivity contribution is 5.89. The molecule has 1 aromatic rings. The monoisotopic (exact) mass is 236 g/mol. The largest absolute Gasteiger partial charge is 0.366 e. The molecule has 17 heavy (non-hydrogen) atoms. The van der Waals surface area contributed by atoms with Crippen LogP contribution in [0.3, 0.4) is 0 Å². The molecular weight excluding hydrogens is 216 g/mol. The third kappa shape index (κ3) is 5.29. The van der Waals surface area contributed by atoms with Crippen molar-refractivity contribution in [1.82, 2.24) is 10.2 Å². The predicted molar refractivity (Wildman–Crippen MR) is 68.9 cm³/mol. The van der Waals surface area contributed by atoms with Crippen LogP contribution in [0.25, 0.3) is 0 Å². The van der Waals surface area contributed by atoms with E-state index >= 15 is 0 Å². The summed E-state index contributed by atoms with van der Waals surface area (Å²) in [6.45, 7) is 6.11. The topological polar surface area (TPSA) is 66.9 Å². The number of anilines is 2. The van der Waals surface area contributed by atoms with Crippen molar-refractivity contribution in [2.75, 3.05) is 10.6 Å². The van der Waals surface area contributed by atoms with Crippen LogP contribution in [-0.4, -0.2) is 22.1 Å². The molecule has 1 rings (SSSR count). The number of nitrogens with one attached hydrogen (secondary N) is 2. The Labute approximate surface area is 102 Å². The molecule has 1 amide bonds. The number of unbranched alkanes of at least 4 members (excludes halogenated alkanes) is 1. The first-order chi connectivity index (χ1) is 8.11. The second-order valence-electron chi connectivity index (χ2n) is 4.25. The van der Waals surface area contributed by atoms with E-state index in [1.165, 1.54) is 0 Å². The van der Waals surface area contributed by atoms with Crippen LogP contribution in [-0.2, 0) is 4.79 Å². The molecule has 0 aliphatic heterocycles. The SMILES string of the molecule is CCCCC(=O)Nc1ccc(NC(C)C)nn1. The maximum atomic E-state index is 11.4. The normalized spacial score (nSPS) is 10.4. The van der Waals surface area contributed by atoms with Crippen LogP contribution < -0.4 is 10.6 Å². The smallest absolute Gasteiger partial charge is 0.225 e. The molecule has 0 atom stereocenters. The van der Waals surface area contributed by atoms with E-state index < -0.39 is 0 Å². The summed E-state index contributed by atoms with van der Waals surface area (Å²) in [6, 6.07) is 3.87. The Kier molecular flexibility index (Phi) is 5.39. The van der Waals surface area contributed by atoms with Gasteiger partial charge in [0.25, 0.3) is 0 Å². The molecule has 5 heteroatoms. The first-order valence-corrected chi connectivity index (χ1v) is 6.02. The molecule has 0 radical (unpaired) electrons. The fraction of sp³-hybridized carbons (Fsp3) is 0.583. The molecule has 0 aliphatic rings. The Morgan fingerprint density at radius 1 is 1.29 bits per heavy atom. The van der Waals surface area contributed by atoms with Crippen LogP contribution >= 0.6 is 0 Å². The molecule has 0 saturated carbocycles. The molecule has 0 bridgehead atoms. The van der Waals surface area contributed by atoms with Crippen molar-refractivity contribution in [2.45, 2.75) is 46.1 Å². The van der Waals surface area contributed by atoms with Crippen molar-refractivity contribution < 1.29 is 4.79 Å². The van der Waals surface area contributed by atoms with Crippen molar-refractivity contribution in [2.24, 2.45) is 0 Å². The van der Waals surface area contributed by atoms with Gasteiger partial charge in [-0.25, -0.2) is 0 Å². The van der Waals surface area contributed by atoms with Crippen LogP contribution in [0, 0.1) is 0 Å². The predicted octanol–water partition coefficient (Wildman–Crippen LogP) is 2.43. The van der Waals surface area contributed by atoms with E-state index in [9.17, 15) is 4.79 Å². The molecule has 1 aromatic heterocycles. The lowest BCUT2D eigenvalue weighted by Gasteiger charge is -2.08. The summed E-state index contributed by atoms with van der Waals surface area (Å²) in [6.07, 6.45) is 2.44. The molecule has 2 N–H and O–H groups in total. The summed E-state index contributed by atoms with van der Waals surface area (Å²) in [4.78, 5) is 11.4. The number of carbonyl (C=O) groups is 1. The molecule has 5 nitrogen and oxygen atoms in total. The average Bonchev–Trinajstić information content (AvgIpc) is 2.28. The molecule has 94 valence electrons. The van der Waals surface area contributed by atoms with Gasteiger partial charge in [-0.15, -0.1) is 10.2 Å². The zero-order valence-electron chi connectivity index (χ0n) is 10.7. The van der Waals surface area contributed by atoms with E-state index in [-0.39, 0.29) is 5.91 Å². The number of rotatable bonds is 6. The van der Waals surface area contributed by atoms with Gasteiger partial charge in [-0.1, -0.05) is 13.3 Å². The van der Waals surface area contributed by atoms with E-state index in [1.807, 2.05) is 19.9 Å². The Hall–Kier alpha value is -1.65. The summed E-state index contributed by atoms with van der Waals surface area (Å²) in [5.41, 5.74) is 0.